The van der Waals surface area contributed by atoms with Gasteiger partial charge in [-0.3, -0.25) is 14.8 Å². The van der Waals surface area contributed by atoms with Gasteiger partial charge >= 0.3 is 5.97 Å². The molecule has 8 heteroatoms. The van der Waals surface area contributed by atoms with Crippen LogP contribution in [-0.4, -0.2) is 31.7 Å². The Morgan fingerprint density at radius 3 is 3.00 bits per heavy atom. The van der Waals surface area contributed by atoms with E-state index in [0.29, 0.717) is 11.0 Å². The van der Waals surface area contributed by atoms with Gasteiger partial charge in [0.1, 0.15) is 11.3 Å². The Morgan fingerprint density at radius 2 is 2.30 bits per heavy atom. The van der Waals surface area contributed by atoms with E-state index in [-0.39, 0.29) is 11.3 Å². The van der Waals surface area contributed by atoms with E-state index in [1.54, 1.807) is 7.05 Å². The molecule has 3 rings (SSSR count). The van der Waals surface area contributed by atoms with Crippen LogP contribution in [0.2, 0.25) is 0 Å². The lowest BCUT2D eigenvalue weighted by atomic mass is 9.89. The Balaban J connectivity index is 1.86. The Kier molecular flexibility index (Phi) is 4.16. The van der Waals surface area contributed by atoms with Crippen molar-refractivity contribution in [1.29, 1.82) is 0 Å². The van der Waals surface area contributed by atoms with Crippen molar-refractivity contribution in [3.8, 4) is 0 Å². The summed E-state index contributed by atoms with van der Waals surface area (Å²) in [6.07, 6.45) is 5.48. The number of fused-ring (bicyclic) bond motifs is 1. The fourth-order valence-electron chi connectivity index (χ4n) is 2.98. The number of thiazole rings is 1. The second-order valence-corrected chi connectivity index (χ2v) is 6.70. The molecule has 2 N–H and O–H groups in total. The van der Waals surface area contributed by atoms with Gasteiger partial charge in [0.05, 0.1) is 11.9 Å². The average molecular weight is 334 g/mol. The molecule has 0 aliphatic heterocycles. The number of carbonyl (C=O) groups is 2. The summed E-state index contributed by atoms with van der Waals surface area (Å²) in [6.45, 7) is 2.14. The third-order valence-electron chi connectivity index (χ3n) is 4.17. The van der Waals surface area contributed by atoms with Gasteiger partial charge in [0.2, 0.25) is 0 Å². The zero-order valence-electron chi connectivity index (χ0n) is 13.0. The van der Waals surface area contributed by atoms with Crippen molar-refractivity contribution in [1.82, 2.24) is 14.8 Å². The van der Waals surface area contributed by atoms with Gasteiger partial charge in [-0.2, -0.15) is 5.10 Å². The molecule has 0 saturated carbocycles. The molecule has 122 valence electrons. The minimum atomic E-state index is -1.17. The molecule has 2 heterocycles. The quantitative estimate of drug-likeness (QED) is 0.896. The number of carbonyl (C=O) groups excluding carboxylic acids is 1. The molecular weight excluding hydrogens is 316 g/mol. The van der Waals surface area contributed by atoms with Crippen LogP contribution in [0.4, 0.5) is 5.13 Å². The first-order valence-electron chi connectivity index (χ1n) is 7.57. The molecule has 23 heavy (non-hydrogen) atoms. The maximum absolute atomic E-state index is 12.4. The number of carboxylic acid groups (broad SMARTS) is 1. The molecule has 2 aromatic heterocycles. The highest BCUT2D eigenvalue weighted by molar-refractivity contribution is 7.15. The molecule has 7 nitrogen and oxygen atoms in total. The smallest absolute Gasteiger partial charge is 0.339 e. The van der Waals surface area contributed by atoms with E-state index in [4.69, 9.17) is 5.11 Å². The van der Waals surface area contributed by atoms with E-state index in [1.165, 1.54) is 27.1 Å². The first-order valence-corrected chi connectivity index (χ1v) is 8.39. The van der Waals surface area contributed by atoms with Gasteiger partial charge in [0.25, 0.3) is 5.91 Å². The second-order valence-electron chi connectivity index (χ2n) is 5.61. The number of hydrogen-bond acceptors (Lipinski definition) is 5. The van der Waals surface area contributed by atoms with Crippen LogP contribution in [0.3, 0.4) is 0 Å². The van der Waals surface area contributed by atoms with E-state index in [1.807, 2.05) is 0 Å². The number of carboxylic acids is 1. The van der Waals surface area contributed by atoms with Gasteiger partial charge < -0.3 is 5.11 Å². The zero-order valence-corrected chi connectivity index (χ0v) is 13.8. The van der Waals surface area contributed by atoms with Crippen molar-refractivity contribution in [2.24, 2.45) is 7.05 Å². The van der Waals surface area contributed by atoms with Crippen molar-refractivity contribution < 1.29 is 14.7 Å². The molecule has 1 aliphatic carbocycles. The molecular formula is C15H18N4O3S. The van der Waals surface area contributed by atoms with Gasteiger partial charge in [-0.05, 0) is 25.7 Å². The predicted molar refractivity (Wildman–Crippen MR) is 86.2 cm³/mol. The fraction of sp³-hybridized carbons (Fsp3) is 0.467. The summed E-state index contributed by atoms with van der Waals surface area (Å²) < 4.78 is 1.27. The second kappa shape index (κ2) is 6.11. The molecule has 0 aromatic carbocycles. The third kappa shape index (κ3) is 2.86. The molecule has 1 amide bonds. The minimum absolute atomic E-state index is 0.0257. The first kappa shape index (κ1) is 15.7. The zero-order chi connectivity index (χ0) is 16.6. The van der Waals surface area contributed by atoms with Crippen molar-refractivity contribution in [3.63, 3.8) is 0 Å². The standard InChI is InChI=1S/C15H18N4O3S/c1-3-8-5-4-6-10-11(8)17-15(23-10)18-13(20)12-9(14(21)22)7-16-19(12)2/h7-8H,3-6H2,1-2H3,(H,21,22)(H,17,18,20). The van der Waals surface area contributed by atoms with Gasteiger partial charge in [0.15, 0.2) is 5.13 Å². The monoisotopic (exact) mass is 334 g/mol. The summed E-state index contributed by atoms with van der Waals surface area (Å²) >= 11 is 1.48. The average Bonchev–Trinajstić information content (AvgIpc) is 3.09. The minimum Gasteiger partial charge on any atom is -0.478 e. The van der Waals surface area contributed by atoms with Crippen LogP contribution in [0, 0.1) is 0 Å². The number of amides is 1. The first-order chi connectivity index (χ1) is 11.0. The lowest BCUT2D eigenvalue weighted by molar-refractivity contribution is 0.0692. The highest BCUT2D eigenvalue weighted by Crippen LogP contribution is 2.38. The van der Waals surface area contributed by atoms with Crippen LogP contribution in [0.25, 0.3) is 0 Å². The maximum atomic E-state index is 12.4. The van der Waals surface area contributed by atoms with Gasteiger partial charge in [-0.1, -0.05) is 6.92 Å². The normalized spacial score (nSPS) is 16.9. The number of anilines is 1. The summed E-state index contributed by atoms with van der Waals surface area (Å²) in [5.74, 6) is -1.22. The van der Waals surface area contributed by atoms with Crippen LogP contribution in [-0.2, 0) is 13.5 Å². The van der Waals surface area contributed by atoms with Crippen molar-refractivity contribution >= 4 is 28.3 Å². The summed E-state index contributed by atoms with van der Waals surface area (Å²) in [5.41, 5.74) is 0.998. The van der Waals surface area contributed by atoms with E-state index in [9.17, 15) is 9.59 Å². The van der Waals surface area contributed by atoms with Crippen LogP contribution in [0.15, 0.2) is 6.20 Å². The summed E-state index contributed by atoms with van der Waals surface area (Å²) in [4.78, 5) is 29.4. The van der Waals surface area contributed by atoms with Crippen molar-refractivity contribution in [3.05, 3.63) is 28.0 Å². The van der Waals surface area contributed by atoms with Crippen LogP contribution in [0.1, 0.15) is 63.5 Å². The van der Waals surface area contributed by atoms with Crippen LogP contribution >= 0.6 is 11.3 Å². The molecule has 2 aromatic rings. The van der Waals surface area contributed by atoms with Crippen LogP contribution in [0.5, 0.6) is 0 Å². The number of rotatable bonds is 4. The van der Waals surface area contributed by atoms with Gasteiger partial charge in [-0.25, -0.2) is 9.78 Å². The summed E-state index contributed by atoms with van der Waals surface area (Å²) in [7, 11) is 1.54. The number of hydrogen-bond donors (Lipinski definition) is 2. The Labute approximate surface area is 137 Å². The molecule has 0 radical (unpaired) electrons. The van der Waals surface area contributed by atoms with Crippen LogP contribution < -0.4 is 5.32 Å². The molecule has 1 atom stereocenters. The van der Waals surface area contributed by atoms with Crippen molar-refractivity contribution in [2.45, 2.75) is 38.5 Å². The largest absolute Gasteiger partial charge is 0.478 e. The lowest BCUT2D eigenvalue weighted by Gasteiger charge is -2.18. The highest BCUT2D eigenvalue weighted by Gasteiger charge is 2.26. The summed E-state index contributed by atoms with van der Waals surface area (Å²) in [6, 6.07) is 0. The van der Waals surface area contributed by atoms with E-state index >= 15 is 0 Å². The third-order valence-corrected chi connectivity index (χ3v) is 5.21. The number of nitrogens with zero attached hydrogens (tertiary/aromatic N) is 3. The molecule has 0 saturated heterocycles. The molecule has 0 spiro atoms. The number of aromatic nitrogens is 3. The maximum Gasteiger partial charge on any atom is 0.339 e. The SMILES string of the molecule is CCC1CCCc2sc(NC(=O)c3c(C(=O)O)cnn3C)nc21. The highest BCUT2D eigenvalue weighted by atomic mass is 32.1. The predicted octanol–water partition coefficient (Wildman–Crippen LogP) is 2.66. The summed E-state index contributed by atoms with van der Waals surface area (Å²) in [5, 5.41) is 16.2. The lowest BCUT2D eigenvalue weighted by Crippen LogP contribution is -2.19. The van der Waals surface area contributed by atoms with Crippen molar-refractivity contribution in [2.75, 3.05) is 5.32 Å². The van der Waals surface area contributed by atoms with Gasteiger partial charge in [-0.15, -0.1) is 11.3 Å². The van der Waals surface area contributed by atoms with E-state index in [0.717, 1.165) is 31.4 Å². The molecule has 1 aliphatic rings. The Morgan fingerprint density at radius 1 is 1.52 bits per heavy atom. The fourth-order valence-corrected chi connectivity index (χ4v) is 4.06. The Bertz CT molecular complexity index is 765. The molecule has 0 bridgehead atoms. The van der Waals surface area contributed by atoms with E-state index in [2.05, 4.69) is 22.3 Å². The van der Waals surface area contributed by atoms with Gasteiger partial charge in [0, 0.05) is 17.8 Å². The topological polar surface area (TPSA) is 97.1 Å². The Hall–Kier alpha value is -2.22. The molecule has 1 unspecified atom stereocenters. The number of aromatic carboxylic acids is 1. The number of aryl methyl sites for hydroxylation is 2. The van der Waals surface area contributed by atoms with E-state index < -0.39 is 11.9 Å². The number of nitrogens with one attached hydrogen (secondary N) is 1. The molecule has 0 fully saturated rings.